The number of ketones is 1. The minimum absolute atomic E-state index is 0.0190. The Morgan fingerprint density at radius 3 is 1.94 bits per heavy atom. The van der Waals surface area contributed by atoms with E-state index in [0.717, 1.165) is 21.7 Å². The Morgan fingerprint density at radius 2 is 1.38 bits per heavy atom. The number of ether oxygens (including phenoxy) is 5. The van der Waals surface area contributed by atoms with Crippen LogP contribution in [0.2, 0.25) is 0 Å². The lowest BCUT2D eigenvalue weighted by Crippen LogP contribution is -2.57. The molecule has 2 aliphatic carbocycles. The van der Waals surface area contributed by atoms with Crippen LogP contribution in [0.1, 0.15) is 101 Å². The lowest BCUT2D eigenvalue weighted by Gasteiger charge is -2.34. The van der Waals surface area contributed by atoms with Gasteiger partial charge in [0.2, 0.25) is 5.78 Å². The number of methoxy groups -OCH3 is 4. The first-order chi connectivity index (χ1) is 36.6. The van der Waals surface area contributed by atoms with E-state index >= 15 is 0 Å². The van der Waals surface area contributed by atoms with Gasteiger partial charge in [-0.15, -0.1) is 11.6 Å². The molecule has 7 aromatic rings. The van der Waals surface area contributed by atoms with Gasteiger partial charge in [0.05, 0.1) is 56.5 Å². The van der Waals surface area contributed by atoms with Gasteiger partial charge in [-0.25, -0.2) is 20.2 Å². The minimum Gasteiger partial charge on any atom is -0.497 e. The van der Waals surface area contributed by atoms with Gasteiger partial charge in [-0.1, -0.05) is 0 Å². The van der Waals surface area contributed by atoms with Crippen LogP contribution in [0.3, 0.4) is 0 Å². The summed E-state index contributed by atoms with van der Waals surface area (Å²) < 4.78 is 38.2. The van der Waals surface area contributed by atoms with Gasteiger partial charge in [-0.2, -0.15) is 0 Å². The van der Waals surface area contributed by atoms with Crippen LogP contribution < -0.4 is 25.0 Å². The average molecular weight is 1070 g/mol. The van der Waals surface area contributed by atoms with E-state index in [1.54, 1.807) is 87.6 Å². The van der Waals surface area contributed by atoms with E-state index in [1.165, 1.54) is 53.1 Å². The number of likely N-dealkylation sites (tertiary alicyclic amines) is 1. The maximum absolute atomic E-state index is 14.0. The van der Waals surface area contributed by atoms with Crippen LogP contribution in [-0.2, 0) is 19.7 Å². The average Bonchev–Trinajstić information content (AvgIpc) is 3.65. The summed E-state index contributed by atoms with van der Waals surface area (Å²) in [5.41, 5.74) is 3.89. The lowest BCUT2D eigenvalue weighted by molar-refractivity contribution is -0.139. The Labute approximate surface area is 444 Å². The Hall–Kier alpha value is -8.56. The van der Waals surface area contributed by atoms with Crippen LogP contribution in [-0.4, -0.2) is 133 Å². The van der Waals surface area contributed by atoms with E-state index < -0.39 is 40.8 Å². The van der Waals surface area contributed by atoms with Crippen LogP contribution >= 0.6 is 11.6 Å². The number of fused-ring (bicyclic) bond motifs is 6. The van der Waals surface area contributed by atoms with Crippen molar-refractivity contribution in [3.05, 3.63) is 117 Å². The monoisotopic (exact) mass is 1070 g/mol. The number of nitrogens with zero attached hydrogens (tertiary/aromatic N) is 4. The maximum Gasteiger partial charge on any atom is 0.415 e. The number of nitrogens with one attached hydrogen (secondary N) is 2. The molecule has 3 aromatic carbocycles. The first-order valence-corrected chi connectivity index (χ1v) is 24.9. The Morgan fingerprint density at radius 1 is 0.805 bits per heavy atom. The molecule has 0 radical (unpaired) electrons. The second-order valence-electron chi connectivity index (χ2n) is 19.9. The number of nitrogens with two attached hydrogens (primary N) is 1. The molecule has 400 valence electrons. The molecule has 4 amide bonds. The van der Waals surface area contributed by atoms with Gasteiger partial charge < -0.3 is 52.3 Å². The van der Waals surface area contributed by atoms with Gasteiger partial charge >= 0.3 is 18.0 Å². The molecular weight excluding hydrogens is 1020 g/mol. The number of carbonyl (C=O) groups excluding carboxylic acids is 7. The standard InChI is InChI=1S/C31H34ClN5O8.C24H20N2O6/c1-15-23(28(39)43-7)25-24-17(13-32)14-37(27(38)22-11-16-10-18(42-6)8-9-20(16)44-22)19(24)12-21(26(25)34-15)45-30(41)35(4)31(2,3)29(40)36(5)33;1-11-19(23(29)31-3)20-21(25-11)15(27)8-18-24(20)9-13(24)10-26(18)22(28)17-7-12-6-14(30-2)4-5-16(12)32-17/h8-12,17,34H,13-14,33H2,1-7H3;4-8,13,25H,9-10H2,1-3H3/t17-;13-,24+/m11/s1. The SMILES string of the molecule is COC(=O)c1c(C)[nH]c2c(OC(=O)N(C)C(C)(C)C(=O)N(C)N)cc3c(c12)[C@H](CCl)CN3C(=O)c1cc2cc(OC)ccc2o1.COC(=O)c1c(C)[nH]c2c1[C@@]13C[C@@H]1CN(C(=O)c1cc4cc(OC)ccc4o1)C3=CC2=O. The number of halogens is 1. The topological polar surface area (TPSA) is 262 Å². The summed E-state index contributed by atoms with van der Waals surface area (Å²) in [5.74, 6) is 4.44. The summed E-state index contributed by atoms with van der Waals surface area (Å²) in [5, 5.41) is 2.73. The summed E-state index contributed by atoms with van der Waals surface area (Å²) in [7, 11) is 8.50. The third kappa shape index (κ3) is 8.13. The fourth-order valence-electron chi connectivity index (χ4n) is 11.1. The van der Waals surface area contributed by atoms with Crippen molar-refractivity contribution in [2.24, 2.45) is 11.8 Å². The van der Waals surface area contributed by atoms with Gasteiger partial charge in [0.1, 0.15) is 28.2 Å². The highest BCUT2D eigenvalue weighted by Crippen LogP contribution is 2.67. The first-order valence-electron chi connectivity index (χ1n) is 24.3. The molecule has 3 atom stereocenters. The summed E-state index contributed by atoms with van der Waals surface area (Å²) in [6.45, 7) is 7.13. The molecule has 21 nitrogen and oxygen atoms in total. The number of allylic oxidation sites excluding steroid dienone is 2. The molecule has 77 heavy (non-hydrogen) atoms. The zero-order chi connectivity index (χ0) is 55.3. The number of aromatic amines is 2. The summed E-state index contributed by atoms with van der Waals surface area (Å²) in [4.78, 5) is 103. The molecule has 4 aromatic heterocycles. The van der Waals surface area contributed by atoms with Crippen LogP contribution in [0, 0.1) is 19.8 Å². The van der Waals surface area contributed by atoms with E-state index in [-0.39, 0.29) is 58.8 Å². The number of piperidine rings is 1. The minimum atomic E-state index is -1.37. The van der Waals surface area contributed by atoms with Crippen LogP contribution in [0.4, 0.5) is 10.5 Å². The zero-order valence-corrected chi connectivity index (χ0v) is 44.5. The highest BCUT2D eigenvalue weighted by molar-refractivity contribution is 6.20. The van der Waals surface area contributed by atoms with Crippen LogP contribution in [0.5, 0.6) is 17.2 Å². The number of furan rings is 2. The third-order valence-electron chi connectivity index (χ3n) is 15.2. The number of aromatic nitrogens is 2. The number of hydrogen-bond donors (Lipinski definition) is 3. The number of H-pyrrole nitrogens is 2. The molecule has 0 unspecified atom stereocenters. The normalized spacial score (nSPS) is 17.9. The van der Waals surface area contributed by atoms with Crippen molar-refractivity contribution in [3.63, 3.8) is 0 Å². The Balaban J connectivity index is 0.000000184. The van der Waals surface area contributed by atoms with Gasteiger partial charge in [0, 0.05) is 95.3 Å². The third-order valence-corrected chi connectivity index (χ3v) is 15.6. The number of esters is 2. The number of anilines is 1. The molecule has 1 saturated heterocycles. The van der Waals surface area contributed by atoms with Crippen molar-refractivity contribution in [1.29, 1.82) is 0 Å². The molecule has 1 saturated carbocycles. The molecule has 2 fully saturated rings. The van der Waals surface area contributed by atoms with Gasteiger partial charge in [0.15, 0.2) is 17.3 Å². The van der Waals surface area contributed by atoms with Crippen molar-refractivity contribution in [2.45, 2.75) is 51.0 Å². The van der Waals surface area contributed by atoms with Crippen molar-refractivity contribution in [1.82, 2.24) is 24.8 Å². The smallest absolute Gasteiger partial charge is 0.415 e. The number of amides is 4. The van der Waals surface area contributed by atoms with Gasteiger partial charge in [-0.3, -0.25) is 29.1 Å². The van der Waals surface area contributed by atoms with Crippen molar-refractivity contribution in [3.8, 4) is 17.2 Å². The summed E-state index contributed by atoms with van der Waals surface area (Å²) in [6, 6.07) is 15.4. The zero-order valence-electron chi connectivity index (χ0n) is 43.7. The van der Waals surface area contributed by atoms with Crippen LogP contribution in [0.15, 0.2) is 75.2 Å². The van der Waals surface area contributed by atoms with Gasteiger partial charge in [0.25, 0.3) is 17.7 Å². The molecule has 0 bridgehead atoms. The first kappa shape index (κ1) is 51.9. The molecule has 2 aliphatic heterocycles. The quantitative estimate of drug-likeness (QED) is 0.0386. The number of benzene rings is 3. The predicted molar refractivity (Wildman–Crippen MR) is 280 cm³/mol. The van der Waals surface area contributed by atoms with E-state index in [0.29, 0.717) is 90.7 Å². The molecule has 1 spiro atoms. The number of rotatable bonds is 10. The molecule has 4 N–H and O–H groups in total. The van der Waals surface area contributed by atoms with E-state index in [1.807, 2.05) is 0 Å². The number of alkyl halides is 1. The fraction of sp³-hybridized carbons (Fsp3) is 0.327. The number of likely N-dealkylation sites (N-methyl/N-ethyl adjacent to an activating group) is 2. The van der Waals surface area contributed by atoms with E-state index in [4.69, 9.17) is 50.0 Å². The molecule has 11 rings (SSSR count). The number of aryl methyl sites for hydroxylation is 2. The second kappa shape index (κ2) is 18.9. The number of hydrogen-bond acceptors (Lipinski definition) is 15. The molecule has 6 heterocycles. The van der Waals surface area contributed by atoms with Crippen molar-refractivity contribution < 1.29 is 66.1 Å². The second-order valence-corrected chi connectivity index (χ2v) is 20.2. The largest absolute Gasteiger partial charge is 0.497 e. The van der Waals surface area contributed by atoms with Crippen molar-refractivity contribution in [2.75, 3.05) is 66.4 Å². The Kier molecular flexibility index (Phi) is 12.8. The maximum atomic E-state index is 14.0. The van der Waals surface area contributed by atoms with Crippen molar-refractivity contribution >= 4 is 91.7 Å². The van der Waals surface area contributed by atoms with E-state index in [2.05, 4.69) is 9.97 Å². The van der Waals surface area contributed by atoms with Crippen LogP contribution in [0.25, 0.3) is 32.8 Å². The fourth-order valence-corrected chi connectivity index (χ4v) is 11.3. The highest BCUT2D eigenvalue weighted by atomic mass is 35.5. The number of carbonyl (C=O) groups is 7. The summed E-state index contributed by atoms with van der Waals surface area (Å²) >= 11 is 6.45. The lowest BCUT2D eigenvalue weighted by atomic mass is 9.82. The number of hydrazine groups is 1. The molecular formula is C55H54ClN7O14. The molecule has 22 heteroatoms. The summed E-state index contributed by atoms with van der Waals surface area (Å²) in [6.07, 6.45) is 1.43. The van der Waals surface area contributed by atoms with E-state index in [9.17, 15) is 33.6 Å². The van der Waals surface area contributed by atoms with Gasteiger partial charge in [-0.05, 0) is 94.1 Å². The predicted octanol–water partition coefficient (Wildman–Crippen LogP) is 7.90. The highest BCUT2D eigenvalue weighted by Gasteiger charge is 2.69. The Bertz CT molecular complexity index is 3730. The molecule has 4 aliphatic rings.